The van der Waals surface area contributed by atoms with Crippen LogP contribution in [0.15, 0.2) is 30.5 Å². The van der Waals surface area contributed by atoms with Crippen LogP contribution >= 0.6 is 0 Å². The largest absolute Gasteiger partial charge is 0.361 e. The fourth-order valence-electron chi connectivity index (χ4n) is 3.95. The Bertz CT molecular complexity index is 1040. The summed E-state index contributed by atoms with van der Waals surface area (Å²) in [6, 6.07) is 6.08. The molecule has 2 aromatic rings. The van der Waals surface area contributed by atoms with Crippen molar-refractivity contribution >= 4 is 40.9 Å². The van der Waals surface area contributed by atoms with Gasteiger partial charge in [-0.05, 0) is 56.3 Å². The first-order valence-electron chi connectivity index (χ1n) is 10.4. The smallest absolute Gasteiger partial charge is 0.316 e. The topological polar surface area (TPSA) is 132 Å². The van der Waals surface area contributed by atoms with Gasteiger partial charge in [0.25, 0.3) is 11.8 Å². The molecule has 4 rings (SSSR count). The number of amides is 4. The second-order valence-electron chi connectivity index (χ2n) is 7.76. The van der Waals surface area contributed by atoms with Gasteiger partial charge in [0.05, 0.1) is 11.1 Å². The van der Waals surface area contributed by atoms with Crippen molar-refractivity contribution in [3.8, 4) is 0 Å². The summed E-state index contributed by atoms with van der Waals surface area (Å²) >= 11 is 0. The number of rotatable bonds is 6. The minimum Gasteiger partial charge on any atom is -0.361 e. The number of carbonyl (C=O) groups is 3. The Morgan fingerprint density at radius 3 is 2.74 bits per heavy atom. The van der Waals surface area contributed by atoms with E-state index in [1.807, 2.05) is 0 Å². The maximum atomic E-state index is 12.4. The van der Waals surface area contributed by atoms with E-state index < -0.39 is 6.03 Å². The average molecular weight is 422 g/mol. The summed E-state index contributed by atoms with van der Waals surface area (Å²) in [6.45, 7) is 3.65. The highest BCUT2D eigenvalue weighted by molar-refractivity contribution is 6.35. The van der Waals surface area contributed by atoms with Gasteiger partial charge in [-0.15, -0.1) is 0 Å². The van der Waals surface area contributed by atoms with Gasteiger partial charge in [0.1, 0.15) is 0 Å². The Morgan fingerprint density at radius 1 is 1.16 bits per heavy atom. The monoisotopic (exact) mass is 422 g/mol. The van der Waals surface area contributed by atoms with Crippen molar-refractivity contribution in [3.05, 3.63) is 47.3 Å². The SMILES string of the molecule is NC(=O)Nc1ccc2c(c1)C(=Cc1cc(C(=O)NCCN3CCCCC3)c[nH]1)C(=O)N2. The fraction of sp³-hybridized carbons (Fsp3) is 0.318. The molecule has 9 heteroatoms. The highest BCUT2D eigenvalue weighted by Crippen LogP contribution is 2.35. The molecule has 0 radical (unpaired) electrons. The van der Waals surface area contributed by atoms with Crippen molar-refractivity contribution in [2.45, 2.75) is 19.3 Å². The van der Waals surface area contributed by atoms with Crippen molar-refractivity contribution in [1.82, 2.24) is 15.2 Å². The molecule has 31 heavy (non-hydrogen) atoms. The lowest BCUT2D eigenvalue weighted by molar-refractivity contribution is -0.110. The fourth-order valence-corrected chi connectivity index (χ4v) is 3.95. The molecule has 0 saturated carbocycles. The van der Waals surface area contributed by atoms with Gasteiger partial charge in [0.2, 0.25) is 0 Å². The zero-order valence-corrected chi connectivity index (χ0v) is 17.2. The van der Waals surface area contributed by atoms with Gasteiger partial charge in [-0.25, -0.2) is 4.79 Å². The van der Waals surface area contributed by atoms with Gasteiger partial charge < -0.3 is 31.6 Å². The first-order chi connectivity index (χ1) is 15.0. The molecule has 0 aliphatic carbocycles. The van der Waals surface area contributed by atoms with Crippen molar-refractivity contribution < 1.29 is 14.4 Å². The zero-order chi connectivity index (χ0) is 21.8. The zero-order valence-electron chi connectivity index (χ0n) is 17.2. The number of hydrogen-bond acceptors (Lipinski definition) is 4. The maximum Gasteiger partial charge on any atom is 0.316 e. The number of hydrogen-bond donors (Lipinski definition) is 5. The van der Waals surface area contributed by atoms with E-state index in [1.165, 1.54) is 19.3 Å². The Kier molecular flexibility index (Phi) is 6.03. The lowest BCUT2D eigenvalue weighted by Gasteiger charge is -2.26. The van der Waals surface area contributed by atoms with Crippen LogP contribution in [0.4, 0.5) is 16.2 Å². The number of likely N-dealkylation sites (tertiary alicyclic amines) is 1. The van der Waals surface area contributed by atoms with E-state index in [0.29, 0.717) is 40.3 Å². The van der Waals surface area contributed by atoms with Crippen LogP contribution in [0.2, 0.25) is 0 Å². The number of benzene rings is 1. The number of primary amides is 1. The predicted octanol–water partition coefficient (Wildman–Crippen LogP) is 2.21. The number of nitrogens with two attached hydrogens (primary N) is 1. The van der Waals surface area contributed by atoms with Crippen molar-refractivity contribution in [2.24, 2.45) is 5.73 Å². The number of urea groups is 1. The third-order valence-corrected chi connectivity index (χ3v) is 5.50. The van der Waals surface area contributed by atoms with E-state index in [2.05, 4.69) is 25.8 Å². The molecule has 3 heterocycles. The quantitative estimate of drug-likeness (QED) is 0.457. The van der Waals surface area contributed by atoms with Crippen molar-refractivity contribution in [1.29, 1.82) is 0 Å². The lowest BCUT2D eigenvalue weighted by atomic mass is 10.1. The number of fused-ring (bicyclic) bond motifs is 1. The summed E-state index contributed by atoms with van der Waals surface area (Å²) in [5, 5.41) is 8.24. The number of piperidine rings is 1. The Balaban J connectivity index is 1.42. The van der Waals surface area contributed by atoms with E-state index in [4.69, 9.17) is 5.73 Å². The van der Waals surface area contributed by atoms with E-state index >= 15 is 0 Å². The molecule has 4 amide bonds. The Labute approximate surface area is 180 Å². The van der Waals surface area contributed by atoms with Crippen molar-refractivity contribution in [2.75, 3.05) is 36.8 Å². The van der Waals surface area contributed by atoms with E-state index in [-0.39, 0.29) is 11.8 Å². The molecular weight excluding hydrogens is 396 g/mol. The van der Waals surface area contributed by atoms with Gasteiger partial charge in [0.15, 0.2) is 0 Å². The minimum atomic E-state index is -0.678. The van der Waals surface area contributed by atoms with Crippen LogP contribution in [0.3, 0.4) is 0 Å². The van der Waals surface area contributed by atoms with Gasteiger partial charge in [-0.1, -0.05) is 6.42 Å². The summed E-state index contributed by atoms with van der Waals surface area (Å²) in [6.07, 6.45) is 7.04. The predicted molar refractivity (Wildman–Crippen MR) is 120 cm³/mol. The standard InChI is InChI=1S/C22H26N6O3/c23-22(31)26-15-4-5-19-17(11-15)18(21(30)27-19)12-16-10-14(13-25-16)20(29)24-6-9-28-7-2-1-3-8-28/h4-5,10-13,25H,1-3,6-9H2,(H,24,29)(H,27,30)(H3,23,26,31). The van der Waals surface area contributed by atoms with E-state index in [0.717, 1.165) is 19.6 Å². The molecule has 2 aliphatic rings. The van der Waals surface area contributed by atoms with Crippen LogP contribution in [-0.2, 0) is 4.79 Å². The second-order valence-corrected chi connectivity index (χ2v) is 7.76. The molecule has 1 saturated heterocycles. The number of carbonyl (C=O) groups excluding carboxylic acids is 3. The van der Waals surface area contributed by atoms with Crippen LogP contribution in [0, 0.1) is 0 Å². The van der Waals surface area contributed by atoms with Gasteiger partial charge in [-0.3, -0.25) is 9.59 Å². The molecule has 2 aliphatic heterocycles. The molecule has 6 N–H and O–H groups in total. The molecule has 0 unspecified atom stereocenters. The summed E-state index contributed by atoms with van der Waals surface area (Å²) < 4.78 is 0. The van der Waals surface area contributed by atoms with Crippen LogP contribution in [0.5, 0.6) is 0 Å². The number of H-pyrrole nitrogens is 1. The highest BCUT2D eigenvalue weighted by atomic mass is 16.2. The molecule has 0 bridgehead atoms. The molecule has 0 spiro atoms. The van der Waals surface area contributed by atoms with E-state index in [1.54, 1.807) is 36.5 Å². The Morgan fingerprint density at radius 2 is 1.97 bits per heavy atom. The van der Waals surface area contributed by atoms with Crippen LogP contribution in [0.1, 0.15) is 40.9 Å². The third-order valence-electron chi connectivity index (χ3n) is 5.50. The third kappa shape index (κ3) is 4.95. The van der Waals surface area contributed by atoms with Gasteiger partial charge in [0, 0.05) is 41.9 Å². The normalized spacial score (nSPS) is 17.3. The van der Waals surface area contributed by atoms with E-state index in [9.17, 15) is 14.4 Å². The summed E-state index contributed by atoms with van der Waals surface area (Å²) in [5.74, 6) is -0.407. The number of aromatic nitrogens is 1. The average Bonchev–Trinajstić information content (AvgIpc) is 3.33. The van der Waals surface area contributed by atoms with Crippen LogP contribution in [-0.4, -0.2) is 53.9 Å². The van der Waals surface area contributed by atoms with Crippen LogP contribution in [0.25, 0.3) is 11.6 Å². The molecule has 1 aromatic carbocycles. The van der Waals surface area contributed by atoms with Crippen molar-refractivity contribution in [3.63, 3.8) is 0 Å². The number of nitrogens with zero attached hydrogens (tertiary/aromatic N) is 1. The molecule has 1 aromatic heterocycles. The summed E-state index contributed by atoms with van der Waals surface area (Å²) in [4.78, 5) is 41.4. The lowest BCUT2D eigenvalue weighted by Crippen LogP contribution is -2.37. The Hall–Kier alpha value is -3.59. The second kappa shape index (κ2) is 9.05. The molecule has 0 atom stereocenters. The minimum absolute atomic E-state index is 0.151. The number of aromatic amines is 1. The van der Waals surface area contributed by atoms with Gasteiger partial charge >= 0.3 is 6.03 Å². The molecule has 162 valence electrons. The number of nitrogens with one attached hydrogen (secondary N) is 4. The highest BCUT2D eigenvalue weighted by Gasteiger charge is 2.25. The molecule has 1 fully saturated rings. The van der Waals surface area contributed by atoms with Gasteiger partial charge in [-0.2, -0.15) is 0 Å². The van der Waals surface area contributed by atoms with Crippen LogP contribution < -0.4 is 21.7 Å². The first-order valence-corrected chi connectivity index (χ1v) is 10.4. The molecular formula is C22H26N6O3. The first kappa shape index (κ1) is 20.7. The summed E-state index contributed by atoms with van der Waals surface area (Å²) in [5.41, 5.74) is 8.53. The number of anilines is 2. The maximum absolute atomic E-state index is 12.4. The summed E-state index contributed by atoms with van der Waals surface area (Å²) in [7, 11) is 0. The molecule has 9 nitrogen and oxygen atoms in total.